The maximum atomic E-state index is 5.85. The van der Waals surface area contributed by atoms with Crippen LogP contribution in [0.25, 0.3) is 0 Å². The van der Waals surface area contributed by atoms with Crippen LogP contribution in [0, 0.1) is 5.92 Å². The lowest BCUT2D eigenvalue weighted by Crippen LogP contribution is -2.31. The predicted molar refractivity (Wildman–Crippen MR) is 69.7 cm³/mol. The van der Waals surface area contributed by atoms with E-state index in [1.54, 1.807) is 7.11 Å². The van der Waals surface area contributed by atoms with Crippen molar-refractivity contribution in [2.24, 2.45) is 11.7 Å². The van der Waals surface area contributed by atoms with Gasteiger partial charge < -0.3 is 20.2 Å². The van der Waals surface area contributed by atoms with Crippen LogP contribution in [0.2, 0.25) is 12.1 Å². The van der Waals surface area contributed by atoms with Gasteiger partial charge in [0, 0.05) is 20.2 Å². The first-order valence-electron chi connectivity index (χ1n) is 6.08. The lowest BCUT2D eigenvalue weighted by Gasteiger charge is -2.21. The molecule has 97 valence electrons. The summed E-state index contributed by atoms with van der Waals surface area (Å²) >= 11 is 0. The smallest absolute Gasteiger partial charge is 0.214 e. The molecule has 4 nitrogen and oxygen atoms in total. The minimum Gasteiger partial charge on any atom is -0.392 e. The average Bonchev–Trinajstić information content (AvgIpc) is 2.28. The molecule has 2 atom stereocenters. The van der Waals surface area contributed by atoms with Crippen molar-refractivity contribution in [3.63, 3.8) is 0 Å². The Morgan fingerprint density at radius 2 is 2.06 bits per heavy atom. The molecule has 1 radical (unpaired) electrons. The highest BCUT2D eigenvalue weighted by atomic mass is 28.3. The number of nitrogens with two attached hydrogens (primary N) is 1. The fourth-order valence-corrected chi connectivity index (χ4v) is 3.51. The van der Waals surface area contributed by atoms with Crippen LogP contribution >= 0.6 is 0 Å². The van der Waals surface area contributed by atoms with Crippen LogP contribution in [-0.4, -0.2) is 42.1 Å². The Balaban J connectivity index is 3.73. The monoisotopic (exact) mass is 247 g/mol. The molecule has 0 aliphatic carbocycles. The summed E-state index contributed by atoms with van der Waals surface area (Å²) in [6, 6.07) is 2.28. The summed E-state index contributed by atoms with van der Waals surface area (Å²) in [5.41, 5.74) is 5.43. The molecule has 0 aromatic rings. The summed E-state index contributed by atoms with van der Waals surface area (Å²) in [7, 11) is 0.959. The van der Waals surface area contributed by atoms with Gasteiger partial charge in [-0.05, 0) is 31.5 Å². The lowest BCUT2D eigenvalue weighted by atomic mass is 10.2. The number of rotatable bonds is 10. The van der Waals surface area contributed by atoms with E-state index < -0.39 is 9.04 Å². The fraction of sp³-hybridized carbons (Fsp3) is 1.00. The summed E-state index contributed by atoms with van der Waals surface area (Å²) in [4.78, 5) is 0. The molecule has 16 heavy (non-hydrogen) atoms. The Morgan fingerprint density at radius 3 is 2.56 bits per heavy atom. The van der Waals surface area contributed by atoms with Gasteiger partial charge in [-0.1, -0.05) is 13.8 Å². The van der Waals surface area contributed by atoms with Crippen LogP contribution < -0.4 is 11.1 Å². The van der Waals surface area contributed by atoms with E-state index in [-0.39, 0.29) is 6.29 Å². The number of methoxy groups -OCH3 is 1. The van der Waals surface area contributed by atoms with Crippen LogP contribution in [0.4, 0.5) is 0 Å². The van der Waals surface area contributed by atoms with E-state index in [4.69, 9.17) is 14.9 Å². The Hall–Kier alpha value is 0.0569. The third kappa shape index (κ3) is 8.24. The van der Waals surface area contributed by atoms with Gasteiger partial charge in [0.1, 0.15) is 6.29 Å². The van der Waals surface area contributed by atoms with Gasteiger partial charge in [0.25, 0.3) is 0 Å². The van der Waals surface area contributed by atoms with Crippen LogP contribution in [0.5, 0.6) is 0 Å². The molecule has 5 heteroatoms. The molecule has 0 saturated heterocycles. The second-order valence-corrected chi connectivity index (χ2v) is 6.54. The Bertz CT molecular complexity index is 161. The topological polar surface area (TPSA) is 56.5 Å². The standard InChI is InChI=1S/C11H27N2O2Si/c1-5-16(15-11(3)14-4)9-10(2)8-13-7-6-12/h10-11,13H,5-9,12H2,1-4H3. The Labute approximate surface area is 102 Å². The van der Waals surface area contributed by atoms with Crippen molar-refractivity contribution < 1.29 is 9.16 Å². The van der Waals surface area contributed by atoms with Gasteiger partial charge >= 0.3 is 0 Å². The molecule has 0 amide bonds. The molecular weight excluding hydrogens is 220 g/mol. The summed E-state index contributed by atoms with van der Waals surface area (Å²) in [5.74, 6) is 0.643. The van der Waals surface area contributed by atoms with Gasteiger partial charge in [0.2, 0.25) is 9.04 Å². The quantitative estimate of drug-likeness (QED) is 0.346. The highest BCUT2D eigenvalue weighted by Gasteiger charge is 2.17. The molecule has 2 unspecified atom stereocenters. The summed E-state index contributed by atoms with van der Waals surface area (Å²) in [5, 5.41) is 3.34. The first-order valence-corrected chi connectivity index (χ1v) is 7.91. The van der Waals surface area contributed by atoms with E-state index in [1.165, 1.54) is 0 Å². The molecule has 0 fully saturated rings. The maximum absolute atomic E-state index is 5.85. The van der Waals surface area contributed by atoms with Crippen molar-refractivity contribution in [2.75, 3.05) is 26.7 Å². The van der Waals surface area contributed by atoms with Gasteiger partial charge in [-0.2, -0.15) is 0 Å². The average molecular weight is 247 g/mol. The van der Waals surface area contributed by atoms with Crippen molar-refractivity contribution in [1.82, 2.24) is 5.32 Å². The second kappa shape index (κ2) is 10.2. The van der Waals surface area contributed by atoms with E-state index in [0.29, 0.717) is 12.5 Å². The van der Waals surface area contributed by atoms with Crippen molar-refractivity contribution >= 4 is 9.04 Å². The Morgan fingerprint density at radius 1 is 1.38 bits per heavy atom. The van der Waals surface area contributed by atoms with Crippen molar-refractivity contribution in [1.29, 1.82) is 0 Å². The second-order valence-electron chi connectivity index (χ2n) is 4.12. The minimum absolute atomic E-state index is 0.0713. The maximum Gasteiger partial charge on any atom is 0.214 e. The van der Waals surface area contributed by atoms with Crippen LogP contribution in [0.15, 0.2) is 0 Å². The first kappa shape index (κ1) is 16.1. The van der Waals surface area contributed by atoms with Crippen molar-refractivity contribution in [3.8, 4) is 0 Å². The molecule has 0 saturated carbocycles. The molecule has 0 heterocycles. The van der Waals surface area contributed by atoms with E-state index in [9.17, 15) is 0 Å². The van der Waals surface area contributed by atoms with E-state index in [2.05, 4.69) is 19.2 Å². The molecule has 0 aromatic carbocycles. The number of nitrogens with one attached hydrogen (secondary N) is 1. The van der Waals surface area contributed by atoms with Gasteiger partial charge in [-0.3, -0.25) is 0 Å². The summed E-state index contributed by atoms with van der Waals surface area (Å²) in [6.07, 6.45) is -0.0713. The zero-order chi connectivity index (χ0) is 12.4. The van der Waals surface area contributed by atoms with Gasteiger partial charge in [0.05, 0.1) is 0 Å². The number of ether oxygens (including phenoxy) is 1. The normalized spacial score (nSPS) is 15.4. The molecule has 0 aromatic heterocycles. The summed E-state index contributed by atoms with van der Waals surface area (Å²) in [6.45, 7) is 9.03. The molecule has 0 bridgehead atoms. The molecule has 0 aliphatic rings. The van der Waals surface area contributed by atoms with Gasteiger partial charge in [0.15, 0.2) is 0 Å². The van der Waals surface area contributed by atoms with Gasteiger partial charge in [-0.25, -0.2) is 0 Å². The third-order valence-electron chi connectivity index (χ3n) is 2.45. The zero-order valence-corrected chi connectivity index (χ0v) is 12.1. The number of hydrogen-bond acceptors (Lipinski definition) is 4. The fourth-order valence-electron chi connectivity index (χ4n) is 1.47. The largest absolute Gasteiger partial charge is 0.392 e. The summed E-state index contributed by atoms with van der Waals surface area (Å²) < 4.78 is 11.0. The third-order valence-corrected chi connectivity index (χ3v) is 5.06. The number of hydrogen-bond donors (Lipinski definition) is 2. The van der Waals surface area contributed by atoms with E-state index in [0.717, 1.165) is 25.2 Å². The Kier molecular flexibility index (Phi) is 10.3. The molecular formula is C11H27N2O2Si. The highest BCUT2D eigenvalue weighted by molar-refractivity contribution is 6.51. The van der Waals surface area contributed by atoms with Crippen LogP contribution in [-0.2, 0) is 9.16 Å². The molecule has 0 spiro atoms. The minimum atomic E-state index is -0.727. The van der Waals surface area contributed by atoms with Crippen molar-refractivity contribution in [3.05, 3.63) is 0 Å². The lowest BCUT2D eigenvalue weighted by molar-refractivity contribution is -0.0418. The first-order chi connectivity index (χ1) is 7.63. The van der Waals surface area contributed by atoms with Crippen molar-refractivity contribution in [2.45, 2.75) is 39.1 Å². The van der Waals surface area contributed by atoms with Crippen LogP contribution in [0.1, 0.15) is 20.8 Å². The predicted octanol–water partition coefficient (Wildman–Crippen LogP) is 1.19. The SMILES string of the molecule is CC[Si](CC(C)CNCCN)OC(C)OC. The zero-order valence-electron chi connectivity index (χ0n) is 11.1. The molecule has 0 rings (SSSR count). The molecule has 3 N–H and O–H groups in total. The van der Waals surface area contributed by atoms with Gasteiger partial charge in [-0.15, -0.1) is 0 Å². The molecule has 0 aliphatic heterocycles. The van der Waals surface area contributed by atoms with E-state index >= 15 is 0 Å². The van der Waals surface area contributed by atoms with Crippen LogP contribution in [0.3, 0.4) is 0 Å². The highest BCUT2D eigenvalue weighted by Crippen LogP contribution is 2.12. The van der Waals surface area contributed by atoms with E-state index in [1.807, 2.05) is 6.92 Å².